The van der Waals surface area contributed by atoms with E-state index in [2.05, 4.69) is 23.7 Å². The Hall–Kier alpha value is -2.57. The standard InChI is InChI=1S/C28H40FN3O3/c1-17(2)25-24-21(22-15-20(29)11-12-23(22)30-24)13-14-32(25)26(33)19-9-7-18(8-10-19)16-31(6)27(34)35-28(3,4)5/h11-12,15,17-19,25,30H,7-10,13-14,16H2,1-6H3/t18-,19-,25?. The number of hydrogen-bond donors (Lipinski definition) is 1. The maximum atomic E-state index is 13.9. The highest BCUT2D eigenvalue weighted by molar-refractivity contribution is 5.86. The lowest BCUT2D eigenvalue weighted by atomic mass is 9.80. The predicted octanol–water partition coefficient (Wildman–Crippen LogP) is 6.06. The van der Waals surface area contributed by atoms with E-state index in [0.29, 0.717) is 19.0 Å². The number of carbonyl (C=O) groups is 2. The molecule has 0 saturated heterocycles. The summed E-state index contributed by atoms with van der Waals surface area (Å²) in [6, 6.07) is 4.85. The molecule has 192 valence electrons. The van der Waals surface area contributed by atoms with Crippen LogP contribution in [0.25, 0.3) is 10.9 Å². The zero-order valence-electron chi connectivity index (χ0n) is 22.0. The summed E-state index contributed by atoms with van der Waals surface area (Å²) in [4.78, 5) is 33.3. The molecule has 1 N–H and O–H groups in total. The summed E-state index contributed by atoms with van der Waals surface area (Å²) in [6.45, 7) is 11.2. The molecule has 2 heterocycles. The van der Waals surface area contributed by atoms with E-state index in [1.54, 1.807) is 24.1 Å². The van der Waals surface area contributed by atoms with E-state index in [1.165, 1.54) is 6.07 Å². The molecular formula is C28H40FN3O3. The van der Waals surface area contributed by atoms with Crippen LogP contribution >= 0.6 is 0 Å². The van der Waals surface area contributed by atoms with Crippen molar-refractivity contribution in [3.05, 3.63) is 35.3 Å². The summed E-state index contributed by atoms with van der Waals surface area (Å²) in [5.74, 6) is 0.651. The number of nitrogens with one attached hydrogen (secondary N) is 1. The summed E-state index contributed by atoms with van der Waals surface area (Å²) in [7, 11) is 1.79. The lowest BCUT2D eigenvalue weighted by molar-refractivity contribution is -0.141. The second kappa shape index (κ2) is 9.82. The van der Waals surface area contributed by atoms with E-state index in [4.69, 9.17) is 4.74 Å². The van der Waals surface area contributed by atoms with Crippen LogP contribution in [0.2, 0.25) is 0 Å². The topological polar surface area (TPSA) is 65.6 Å². The number of ether oxygens (including phenoxy) is 1. The third-order valence-electron chi connectivity index (χ3n) is 7.48. The van der Waals surface area contributed by atoms with Crippen molar-refractivity contribution in [2.24, 2.45) is 17.8 Å². The third-order valence-corrected chi connectivity index (χ3v) is 7.48. The van der Waals surface area contributed by atoms with Gasteiger partial charge in [-0.3, -0.25) is 4.79 Å². The van der Waals surface area contributed by atoms with E-state index in [-0.39, 0.29) is 35.7 Å². The van der Waals surface area contributed by atoms with Crippen molar-refractivity contribution in [3.63, 3.8) is 0 Å². The highest BCUT2D eigenvalue weighted by atomic mass is 19.1. The summed E-state index contributed by atoms with van der Waals surface area (Å²) < 4.78 is 19.4. The normalized spacial score (nSPS) is 22.9. The SMILES string of the molecule is CC(C)C1c2[nH]c3ccc(F)cc3c2CCN1C(=O)[C@H]1CC[C@H](CN(C)C(=O)OC(C)(C)C)CC1. The molecule has 1 aromatic carbocycles. The molecule has 2 aromatic rings. The number of H-pyrrole nitrogens is 1. The molecule has 4 rings (SSSR count). The second-order valence-corrected chi connectivity index (χ2v) is 11.8. The van der Waals surface area contributed by atoms with Crippen LogP contribution in [-0.4, -0.2) is 52.5 Å². The average molecular weight is 486 g/mol. The number of rotatable bonds is 4. The fourth-order valence-electron chi connectivity index (χ4n) is 5.86. The van der Waals surface area contributed by atoms with E-state index < -0.39 is 5.60 Å². The maximum absolute atomic E-state index is 13.9. The molecule has 6 nitrogen and oxygen atoms in total. The van der Waals surface area contributed by atoms with Gasteiger partial charge in [-0.05, 0) is 88.5 Å². The van der Waals surface area contributed by atoms with Gasteiger partial charge in [0.05, 0.1) is 6.04 Å². The highest BCUT2D eigenvalue weighted by Crippen LogP contribution is 2.41. The van der Waals surface area contributed by atoms with Crippen LogP contribution in [-0.2, 0) is 16.0 Å². The number of amides is 2. The van der Waals surface area contributed by atoms with Crippen LogP contribution in [0.3, 0.4) is 0 Å². The number of halogens is 1. The Morgan fingerprint density at radius 2 is 1.89 bits per heavy atom. The molecule has 1 fully saturated rings. The van der Waals surface area contributed by atoms with Crippen molar-refractivity contribution in [1.82, 2.24) is 14.8 Å². The number of aromatic nitrogens is 1. The van der Waals surface area contributed by atoms with E-state index in [0.717, 1.165) is 54.3 Å². The maximum Gasteiger partial charge on any atom is 0.410 e. The van der Waals surface area contributed by atoms with Crippen molar-refractivity contribution in [2.45, 2.75) is 78.4 Å². The van der Waals surface area contributed by atoms with Crippen molar-refractivity contribution in [3.8, 4) is 0 Å². The molecule has 2 amide bonds. The zero-order valence-corrected chi connectivity index (χ0v) is 22.0. The van der Waals surface area contributed by atoms with Crippen LogP contribution in [0.5, 0.6) is 0 Å². The van der Waals surface area contributed by atoms with Gasteiger partial charge in [-0.1, -0.05) is 13.8 Å². The fraction of sp³-hybridized carbons (Fsp3) is 0.643. The minimum Gasteiger partial charge on any atom is -0.444 e. The van der Waals surface area contributed by atoms with Gasteiger partial charge in [-0.2, -0.15) is 0 Å². The molecule has 2 aliphatic rings. The minimum atomic E-state index is -0.504. The molecule has 0 radical (unpaired) electrons. The van der Waals surface area contributed by atoms with Gasteiger partial charge in [0.2, 0.25) is 5.91 Å². The highest BCUT2D eigenvalue weighted by Gasteiger charge is 2.39. The first-order valence-electron chi connectivity index (χ1n) is 13.0. The van der Waals surface area contributed by atoms with Crippen molar-refractivity contribution in [1.29, 1.82) is 0 Å². The Morgan fingerprint density at radius 1 is 1.20 bits per heavy atom. The Balaban J connectivity index is 1.41. The van der Waals surface area contributed by atoms with Crippen LogP contribution in [0.1, 0.15) is 77.6 Å². The fourth-order valence-corrected chi connectivity index (χ4v) is 5.86. The molecule has 1 aliphatic heterocycles. The van der Waals surface area contributed by atoms with Crippen LogP contribution in [0.15, 0.2) is 18.2 Å². The molecule has 1 atom stereocenters. The van der Waals surface area contributed by atoms with Crippen LogP contribution in [0.4, 0.5) is 9.18 Å². The smallest absolute Gasteiger partial charge is 0.410 e. The lowest BCUT2D eigenvalue weighted by Gasteiger charge is -2.41. The van der Waals surface area contributed by atoms with E-state index in [1.807, 2.05) is 20.8 Å². The molecule has 1 saturated carbocycles. The second-order valence-electron chi connectivity index (χ2n) is 11.8. The first-order chi connectivity index (χ1) is 16.4. The van der Waals surface area contributed by atoms with Gasteiger partial charge in [-0.15, -0.1) is 0 Å². The van der Waals surface area contributed by atoms with Crippen LogP contribution in [0, 0.1) is 23.6 Å². The average Bonchev–Trinajstić information content (AvgIpc) is 3.14. The first kappa shape index (κ1) is 25.5. The van der Waals surface area contributed by atoms with Gasteiger partial charge in [0.1, 0.15) is 11.4 Å². The van der Waals surface area contributed by atoms with Gasteiger partial charge >= 0.3 is 6.09 Å². The quantitative estimate of drug-likeness (QED) is 0.572. The van der Waals surface area contributed by atoms with Crippen molar-refractivity contribution < 1.29 is 18.7 Å². The first-order valence-corrected chi connectivity index (χ1v) is 13.0. The Labute approximate surface area is 208 Å². The Bertz CT molecular complexity index is 1080. The van der Waals surface area contributed by atoms with E-state index in [9.17, 15) is 14.0 Å². The number of aromatic amines is 1. The van der Waals surface area contributed by atoms with Crippen molar-refractivity contribution >= 4 is 22.9 Å². The third kappa shape index (κ3) is 5.49. The molecular weight excluding hydrogens is 445 g/mol. The largest absolute Gasteiger partial charge is 0.444 e. The van der Waals surface area contributed by atoms with Crippen LogP contribution < -0.4 is 0 Å². The van der Waals surface area contributed by atoms with Gasteiger partial charge in [-0.25, -0.2) is 9.18 Å². The summed E-state index contributed by atoms with van der Waals surface area (Å²) in [5.41, 5.74) is 2.64. The van der Waals surface area contributed by atoms with Gasteiger partial charge in [0.25, 0.3) is 0 Å². The van der Waals surface area contributed by atoms with Gasteiger partial charge in [0, 0.05) is 42.7 Å². The predicted molar refractivity (Wildman–Crippen MR) is 136 cm³/mol. The molecule has 1 aliphatic carbocycles. The summed E-state index contributed by atoms with van der Waals surface area (Å²) in [6.07, 6.45) is 4.00. The number of hydrogen-bond acceptors (Lipinski definition) is 3. The monoisotopic (exact) mass is 485 g/mol. The molecule has 0 spiro atoms. The summed E-state index contributed by atoms with van der Waals surface area (Å²) >= 11 is 0. The Kier molecular flexibility index (Phi) is 7.16. The van der Waals surface area contributed by atoms with Crippen molar-refractivity contribution in [2.75, 3.05) is 20.1 Å². The van der Waals surface area contributed by atoms with Gasteiger partial charge in [0.15, 0.2) is 0 Å². The minimum absolute atomic E-state index is 0.0164. The molecule has 0 bridgehead atoms. The molecule has 1 aromatic heterocycles. The lowest BCUT2D eigenvalue weighted by Crippen LogP contribution is -2.46. The zero-order chi connectivity index (χ0) is 25.5. The molecule has 7 heteroatoms. The van der Waals surface area contributed by atoms with E-state index >= 15 is 0 Å². The Morgan fingerprint density at radius 3 is 2.51 bits per heavy atom. The van der Waals surface area contributed by atoms with Gasteiger partial charge < -0.3 is 19.5 Å². The number of carbonyl (C=O) groups excluding carboxylic acids is 2. The molecule has 35 heavy (non-hydrogen) atoms. The number of benzene rings is 1. The number of fused-ring (bicyclic) bond motifs is 3. The molecule has 1 unspecified atom stereocenters. The number of nitrogens with zero attached hydrogens (tertiary/aromatic N) is 2. The summed E-state index contributed by atoms with van der Waals surface area (Å²) in [5, 5.41) is 0.937.